The van der Waals surface area contributed by atoms with Crippen LogP contribution in [0.1, 0.15) is 67.0 Å². The lowest BCUT2D eigenvalue weighted by Crippen LogP contribution is -2.46. The molecule has 1 saturated heterocycles. The molecule has 4 rings (SSSR count). The van der Waals surface area contributed by atoms with E-state index < -0.39 is 0 Å². The van der Waals surface area contributed by atoms with E-state index in [9.17, 15) is 4.79 Å². The number of amides is 1. The fourth-order valence-electron chi connectivity index (χ4n) is 3.80. The van der Waals surface area contributed by atoms with Crippen LogP contribution in [0.5, 0.6) is 0 Å². The van der Waals surface area contributed by atoms with Crippen LogP contribution in [-0.4, -0.2) is 57.5 Å². The van der Waals surface area contributed by atoms with Crippen molar-refractivity contribution in [1.82, 2.24) is 24.8 Å². The molecule has 0 N–H and O–H groups in total. The van der Waals surface area contributed by atoms with Crippen molar-refractivity contribution in [3.8, 4) is 0 Å². The maximum Gasteiger partial charge on any atom is 0.257 e. The summed E-state index contributed by atoms with van der Waals surface area (Å²) in [6, 6.07) is 0. The van der Waals surface area contributed by atoms with Crippen LogP contribution < -0.4 is 0 Å². The minimum Gasteiger partial charge on any atom is -0.385 e. The van der Waals surface area contributed by atoms with Crippen molar-refractivity contribution in [3.63, 3.8) is 0 Å². The first-order chi connectivity index (χ1) is 13.1. The number of aryl methyl sites for hydroxylation is 1. The number of carbonyl (C=O) groups is 1. The highest BCUT2D eigenvalue weighted by molar-refractivity contribution is 5.93. The maximum atomic E-state index is 12.8. The summed E-state index contributed by atoms with van der Waals surface area (Å²) >= 11 is 0. The van der Waals surface area contributed by atoms with Gasteiger partial charge in [0.15, 0.2) is 5.82 Å². The van der Waals surface area contributed by atoms with Crippen LogP contribution in [0.2, 0.25) is 0 Å². The van der Waals surface area contributed by atoms with Gasteiger partial charge in [-0.25, -0.2) is 0 Å². The molecule has 3 heterocycles. The monoisotopic (exact) mass is 373 g/mol. The fraction of sp³-hybridized carbons (Fsp3) is 0.684. The van der Waals surface area contributed by atoms with Crippen molar-refractivity contribution in [2.75, 3.05) is 26.8 Å². The highest BCUT2D eigenvalue weighted by Gasteiger charge is 2.42. The van der Waals surface area contributed by atoms with Crippen molar-refractivity contribution in [2.24, 2.45) is 0 Å². The quantitative estimate of drug-likeness (QED) is 0.741. The Kier molecular flexibility index (Phi) is 4.99. The van der Waals surface area contributed by atoms with Crippen molar-refractivity contribution in [1.29, 1.82) is 0 Å². The van der Waals surface area contributed by atoms with E-state index in [4.69, 9.17) is 14.2 Å². The van der Waals surface area contributed by atoms with Gasteiger partial charge in [-0.15, -0.1) is 0 Å². The largest absolute Gasteiger partial charge is 0.385 e. The average Bonchev–Trinajstić information content (AvgIpc) is 3.23. The topological polar surface area (TPSA) is 86.3 Å². The molecule has 0 atom stereocenters. The van der Waals surface area contributed by atoms with Gasteiger partial charge in [0.1, 0.15) is 0 Å². The fourth-order valence-corrected chi connectivity index (χ4v) is 3.80. The number of rotatable bonds is 7. The molecule has 0 bridgehead atoms. The van der Waals surface area contributed by atoms with Crippen LogP contribution in [0.25, 0.3) is 0 Å². The van der Waals surface area contributed by atoms with Gasteiger partial charge in [-0.05, 0) is 39.0 Å². The number of hydrogen-bond donors (Lipinski definition) is 0. The third-order valence-corrected chi connectivity index (χ3v) is 5.84. The van der Waals surface area contributed by atoms with Gasteiger partial charge >= 0.3 is 0 Å². The molecule has 8 heteroatoms. The zero-order chi connectivity index (χ0) is 18.9. The molecule has 146 valence electrons. The summed E-state index contributed by atoms with van der Waals surface area (Å²) in [5, 5.41) is 8.52. The van der Waals surface area contributed by atoms with Crippen LogP contribution in [0.15, 0.2) is 16.9 Å². The van der Waals surface area contributed by atoms with Gasteiger partial charge in [0.2, 0.25) is 5.89 Å². The van der Waals surface area contributed by atoms with Crippen LogP contribution in [-0.2, 0) is 16.7 Å². The van der Waals surface area contributed by atoms with Crippen LogP contribution in [0, 0.1) is 0 Å². The second-order valence-electron chi connectivity index (χ2n) is 7.63. The smallest absolute Gasteiger partial charge is 0.257 e. The van der Waals surface area contributed by atoms with Crippen LogP contribution in [0.3, 0.4) is 0 Å². The third-order valence-electron chi connectivity index (χ3n) is 5.84. The first kappa shape index (κ1) is 18.2. The lowest BCUT2D eigenvalue weighted by molar-refractivity contribution is 0.0616. The lowest BCUT2D eigenvalue weighted by atomic mass is 9.75. The minimum atomic E-state index is -0.184. The molecule has 2 aromatic heterocycles. The molecule has 2 aromatic rings. The van der Waals surface area contributed by atoms with Crippen LogP contribution >= 0.6 is 0 Å². The van der Waals surface area contributed by atoms with Gasteiger partial charge in [0, 0.05) is 50.9 Å². The Morgan fingerprint density at radius 3 is 2.78 bits per heavy atom. The molecular formula is C19H27N5O3. The standard InChI is InChI=1S/C19H27N5O3/c1-3-24-13-15(12-20-24)17(25)23-9-6-19(7-10-23,8-11-26-2)18-21-16(27-22-18)14-4-5-14/h12-14H,3-11H2,1-2H3. The van der Waals surface area contributed by atoms with E-state index in [0.29, 0.717) is 31.2 Å². The number of aromatic nitrogens is 4. The Bertz CT molecular complexity index is 787. The Balaban J connectivity index is 1.47. The summed E-state index contributed by atoms with van der Waals surface area (Å²) in [5.41, 5.74) is 0.466. The molecule has 2 fully saturated rings. The SMILES string of the molecule is CCn1cc(C(=O)N2CCC(CCOC)(c3noc(C4CC4)n3)CC2)cn1. The summed E-state index contributed by atoms with van der Waals surface area (Å²) in [4.78, 5) is 19.4. The van der Waals surface area contributed by atoms with Gasteiger partial charge < -0.3 is 14.2 Å². The van der Waals surface area contributed by atoms with Gasteiger partial charge in [-0.2, -0.15) is 10.1 Å². The first-order valence-electron chi connectivity index (χ1n) is 9.80. The van der Waals surface area contributed by atoms with Crippen molar-refractivity contribution >= 4 is 5.91 Å². The molecule has 0 spiro atoms. The molecule has 0 unspecified atom stereocenters. The van der Waals surface area contributed by atoms with E-state index in [0.717, 1.165) is 50.4 Å². The van der Waals surface area contributed by atoms with Gasteiger partial charge in [0.05, 0.1) is 11.8 Å². The van der Waals surface area contributed by atoms with Crippen molar-refractivity contribution in [3.05, 3.63) is 29.7 Å². The van der Waals surface area contributed by atoms with Gasteiger partial charge in [-0.3, -0.25) is 9.48 Å². The Morgan fingerprint density at radius 1 is 1.37 bits per heavy atom. The number of ether oxygens (including phenoxy) is 1. The maximum absolute atomic E-state index is 12.8. The Morgan fingerprint density at radius 2 is 2.15 bits per heavy atom. The summed E-state index contributed by atoms with van der Waals surface area (Å²) in [5.74, 6) is 2.05. The Hall–Kier alpha value is -2.22. The van der Waals surface area contributed by atoms with E-state index in [-0.39, 0.29) is 11.3 Å². The van der Waals surface area contributed by atoms with Gasteiger partial charge in [0.25, 0.3) is 5.91 Å². The zero-order valence-corrected chi connectivity index (χ0v) is 16.1. The third kappa shape index (κ3) is 3.63. The number of methoxy groups -OCH3 is 1. The summed E-state index contributed by atoms with van der Waals surface area (Å²) in [7, 11) is 1.71. The van der Waals surface area contributed by atoms with Crippen molar-refractivity contribution < 1.29 is 14.1 Å². The predicted molar refractivity (Wildman–Crippen MR) is 97.5 cm³/mol. The second kappa shape index (κ2) is 7.42. The summed E-state index contributed by atoms with van der Waals surface area (Å²) < 4.78 is 12.6. The van der Waals surface area contributed by atoms with E-state index in [1.807, 2.05) is 18.0 Å². The summed E-state index contributed by atoms with van der Waals surface area (Å²) in [6.07, 6.45) is 8.21. The Labute approximate surface area is 158 Å². The van der Waals surface area contributed by atoms with E-state index in [2.05, 4.69) is 10.3 Å². The number of likely N-dealkylation sites (tertiary alicyclic amines) is 1. The van der Waals surface area contributed by atoms with E-state index >= 15 is 0 Å². The second-order valence-corrected chi connectivity index (χ2v) is 7.63. The normalized spacial score (nSPS) is 19.4. The molecule has 0 radical (unpaired) electrons. The summed E-state index contributed by atoms with van der Waals surface area (Å²) in [6.45, 7) is 4.76. The van der Waals surface area contributed by atoms with E-state index in [1.165, 1.54) is 0 Å². The molecule has 27 heavy (non-hydrogen) atoms. The highest BCUT2D eigenvalue weighted by atomic mass is 16.5. The van der Waals surface area contributed by atoms with Crippen molar-refractivity contribution in [2.45, 2.75) is 56.9 Å². The number of carbonyl (C=O) groups excluding carboxylic acids is 1. The zero-order valence-electron chi connectivity index (χ0n) is 16.1. The molecule has 1 saturated carbocycles. The average molecular weight is 373 g/mol. The van der Waals surface area contributed by atoms with E-state index in [1.54, 1.807) is 18.0 Å². The molecule has 8 nitrogen and oxygen atoms in total. The first-order valence-corrected chi connectivity index (χ1v) is 9.80. The molecule has 1 aliphatic heterocycles. The molecular weight excluding hydrogens is 346 g/mol. The molecule has 0 aromatic carbocycles. The number of hydrogen-bond acceptors (Lipinski definition) is 6. The number of nitrogens with zero attached hydrogens (tertiary/aromatic N) is 5. The number of piperidine rings is 1. The van der Waals surface area contributed by atoms with Gasteiger partial charge in [-0.1, -0.05) is 5.16 Å². The van der Waals surface area contributed by atoms with Crippen LogP contribution in [0.4, 0.5) is 0 Å². The lowest BCUT2D eigenvalue weighted by Gasteiger charge is -2.39. The minimum absolute atomic E-state index is 0.0434. The predicted octanol–water partition coefficient (Wildman–Crippen LogP) is 2.37. The molecule has 1 aliphatic carbocycles. The molecule has 2 aliphatic rings. The highest BCUT2D eigenvalue weighted by Crippen LogP contribution is 2.42. The molecule has 1 amide bonds.